The van der Waals surface area contributed by atoms with Crippen LogP contribution in [-0.2, 0) is 9.59 Å². The minimum atomic E-state index is -0.405. The van der Waals surface area contributed by atoms with Gasteiger partial charge >= 0.3 is 0 Å². The van der Waals surface area contributed by atoms with Crippen molar-refractivity contribution >= 4 is 11.6 Å². The van der Waals surface area contributed by atoms with Crippen LogP contribution in [0.3, 0.4) is 0 Å². The maximum absolute atomic E-state index is 13.7. The number of dihydropyridines is 1. The molecule has 118 valence electrons. The minimum absolute atomic E-state index is 0.0814. The summed E-state index contributed by atoms with van der Waals surface area (Å²) in [5, 5.41) is 3.36. The van der Waals surface area contributed by atoms with Gasteiger partial charge in [0.15, 0.2) is 11.6 Å². The van der Waals surface area contributed by atoms with Gasteiger partial charge in [0.25, 0.3) is 0 Å². The zero-order valence-corrected chi connectivity index (χ0v) is 12.8. The minimum Gasteiger partial charge on any atom is -0.362 e. The summed E-state index contributed by atoms with van der Waals surface area (Å²) in [6, 6.07) is 6.31. The number of nitrogens with one attached hydrogen (secondary N) is 1. The average Bonchev–Trinajstić information content (AvgIpc) is 2.53. The van der Waals surface area contributed by atoms with E-state index in [2.05, 4.69) is 5.32 Å². The predicted octanol–water partition coefficient (Wildman–Crippen LogP) is 3.53. The molecule has 0 spiro atoms. The highest BCUT2D eigenvalue weighted by atomic mass is 19.1. The Morgan fingerprint density at radius 3 is 2.09 bits per heavy atom. The molecule has 0 saturated heterocycles. The Labute approximate surface area is 134 Å². The molecule has 0 radical (unpaired) electrons. The fourth-order valence-electron chi connectivity index (χ4n) is 4.00. The lowest BCUT2D eigenvalue weighted by Crippen LogP contribution is -2.36. The van der Waals surface area contributed by atoms with Gasteiger partial charge in [0.1, 0.15) is 5.82 Å². The van der Waals surface area contributed by atoms with Crippen LogP contribution in [0.15, 0.2) is 46.8 Å². The van der Waals surface area contributed by atoms with E-state index in [1.807, 2.05) is 6.07 Å². The van der Waals surface area contributed by atoms with E-state index >= 15 is 0 Å². The summed E-state index contributed by atoms with van der Waals surface area (Å²) in [5.74, 6) is -0.578. The van der Waals surface area contributed by atoms with E-state index in [0.717, 1.165) is 37.1 Å². The molecule has 0 fully saturated rings. The van der Waals surface area contributed by atoms with Gasteiger partial charge in [-0.15, -0.1) is 0 Å². The van der Waals surface area contributed by atoms with Crippen LogP contribution in [0.25, 0.3) is 0 Å². The third-order valence-electron chi connectivity index (χ3n) is 4.97. The van der Waals surface area contributed by atoms with Crippen molar-refractivity contribution in [3.63, 3.8) is 0 Å². The number of benzene rings is 1. The molecule has 0 saturated carbocycles. The molecule has 0 amide bonds. The highest BCUT2D eigenvalue weighted by molar-refractivity contribution is 6.06. The summed E-state index contributed by atoms with van der Waals surface area (Å²) in [6.45, 7) is 0. The Balaban J connectivity index is 1.92. The van der Waals surface area contributed by atoms with E-state index in [1.54, 1.807) is 6.07 Å². The quantitative estimate of drug-likeness (QED) is 0.863. The predicted molar refractivity (Wildman–Crippen MR) is 84.0 cm³/mol. The molecule has 0 aromatic heterocycles. The molecule has 1 aromatic carbocycles. The molecular formula is C19H18FNO2. The molecule has 1 aliphatic heterocycles. The lowest BCUT2D eigenvalue weighted by atomic mass is 9.71. The van der Waals surface area contributed by atoms with Crippen LogP contribution >= 0.6 is 0 Å². The van der Waals surface area contributed by atoms with Gasteiger partial charge in [0, 0.05) is 41.3 Å². The summed E-state index contributed by atoms with van der Waals surface area (Å²) < 4.78 is 13.7. The van der Waals surface area contributed by atoms with Crippen LogP contribution in [0.2, 0.25) is 0 Å². The lowest BCUT2D eigenvalue weighted by Gasteiger charge is -2.37. The van der Waals surface area contributed by atoms with Crippen molar-refractivity contribution in [3.05, 3.63) is 58.2 Å². The Kier molecular flexibility index (Phi) is 3.40. The standard InChI is InChI=1S/C19H18FNO2/c20-12-5-1-4-11(10-12)17-18-13(6-2-8-15(18)22)21-14-7-3-9-16(23)19(14)17/h1,4-5,10,17,21H,2-3,6-9H2. The van der Waals surface area contributed by atoms with Crippen molar-refractivity contribution in [1.29, 1.82) is 0 Å². The molecule has 0 atom stereocenters. The summed E-state index contributed by atoms with van der Waals surface area (Å²) in [5.41, 5.74) is 3.93. The Morgan fingerprint density at radius 1 is 0.913 bits per heavy atom. The number of hydrogen-bond acceptors (Lipinski definition) is 3. The first-order valence-electron chi connectivity index (χ1n) is 8.20. The van der Waals surface area contributed by atoms with E-state index in [0.29, 0.717) is 29.6 Å². The first-order chi connectivity index (χ1) is 11.1. The van der Waals surface area contributed by atoms with Gasteiger partial charge in [-0.3, -0.25) is 9.59 Å². The highest BCUT2D eigenvalue weighted by Gasteiger charge is 2.40. The fraction of sp³-hybridized carbons (Fsp3) is 0.368. The van der Waals surface area contributed by atoms with E-state index in [1.165, 1.54) is 12.1 Å². The van der Waals surface area contributed by atoms with Crippen LogP contribution in [0.5, 0.6) is 0 Å². The Morgan fingerprint density at radius 2 is 1.52 bits per heavy atom. The first kappa shape index (κ1) is 14.4. The summed E-state index contributed by atoms with van der Waals surface area (Å²) >= 11 is 0. The molecule has 4 heteroatoms. The van der Waals surface area contributed by atoms with E-state index in [9.17, 15) is 14.0 Å². The Bertz CT molecular complexity index is 733. The third-order valence-corrected chi connectivity index (χ3v) is 4.97. The topological polar surface area (TPSA) is 46.2 Å². The maximum atomic E-state index is 13.7. The van der Waals surface area contributed by atoms with Gasteiger partial charge in [0.2, 0.25) is 0 Å². The van der Waals surface area contributed by atoms with Crippen LogP contribution < -0.4 is 5.32 Å². The molecule has 3 aliphatic rings. The second-order valence-electron chi connectivity index (χ2n) is 6.45. The van der Waals surface area contributed by atoms with E-state index in [4.69, 9.17) is 0 Å². The van der Waals surface area contributed by atoms with E-state index in [-0.39, 0.29) is 17.4 Å². The van der Waals surface area contributed by atoms with Gasteiger partial charge in [-0.25, -0.2) is 4.39 Å². The van der Waals surface area contributed by atoms with Gasteiger partial charge in [-0.1, -0.05) is 12.1 Å². The fourth-order valence-corrected chi connectivity index (χ4v) is 4.00. The largest absolute Gasteiger partial charge is 0.362 e. The van der Waals surface area contributed by atoms with Gasteiger partial charge in [-0.05, 0) is 43.4 Å². The number of allylic oxidation sites excluding steroid dienone is 4. The molecule has 1 N–H and O–H groups in total. The molecule has 0 unspecified atom stereocenters. The van der Waals surface area contributed by atoms with Crippen molar-refractivity contribution in [2.75, 3.05) is 0 Å². The van der Waals surface area contributed by atoms with Crippen molar-refractivity contribution in [2.24, 2.45) is 0 Å². The van der Waals surface area contributed by atoms with E-state index < -0.39 is 5.92 Å². The number of carbonyl (C=O) groups is 2. The van der Waals surface area contributed by atoms with Crippen LogP contribution in [-0.4, -0.2) is 11.6 Å². The smallest absolute Gasteiger partial charge is 0.161 e. The normalized spacial score (nSPS) is 22.0. The second kappa shape index (κ2) is 5.44. The van der Waals surface area contributed by atoms with Gasteiger partial charge in [-0.2, -0.15) is 0 Å². The summed E-state index contributed by atoms with van der Waals surface area (Å²) in [6.07, 6.45) is 4.30. The molecule has 0 bridgehead atoms. The monoisotopic (exact) mass is 311 g/mol. The third kappa shape index (κ3) is 2.33. The zero-order valence-electron chi connectivity index (χ0n) is 12.8. The number of hydrogen-bond donors (Lipinski definition) is 1. The summed E-state index contributed by atoms with van der Waals surface area (Å²) in [7, 11) is 0. The second-order valence-corrected chi connectivity index (χ2v) is 6.45. The number of halogens is 1. The molecular weight excluding hydrogens is 293 g/mol. The molecule has 3 nitrogen and oxygen atoms in total. The van der Waals surface area contributed by atoms with Crippen LogP contribution in [0.4, 0.5) is 4.39 Å². The maximum Gasteiger partial charge on any atom is 0.161 e. The molecule has 1 heterocycles. The average molecular weight is 311 g/mol. The summed E-state index contributed by atoms with van der Waals surface area (Å²) in [4.78, 5) is 25.1. The molecule has 1 aromatic rings. The Hall–Kier alpha value is -2.23. The number of ketones is 2. The van der Waals surface area contributed by atoms with Crippen LogP contribution in [0, 0.1) is 5.82 Å². The van der Waals surface area contributed by atoms with Crippen molar-refractivity contribution in [1.82, 2.24) is 5.32 Å². The molecule has 4 rings (SSSR count). The number of rotatable bonds is 1. The van der Waals surface area contributed by atoms with Crippen molar-refractivity contribution in [3.8, 4) is 0 Å². The van der Waals surface area contributed by atoms with Gasteiger partial charge in [0.05, 0.1) is 0 Å². The highest BCUT2D eigenvalue weighted by Crippen LogP contribution is 2.45. The molecule has 2 aliphatic carbocycles. The van der Waals surface area contributed by atoms with Crippen molar-refractivity contribution in [2.45, 2.75) is 44.4 Å². The molecule has 23 heavy (non-hydrogen) atoms. The lowest BCUT2D eigenvalue weighted by molar-refractivity contribution is -0.116. The van der Waals surface area contributed by atoms with Crippen molar-refractivity contribution < 1.29 is 14.0 Å². The SMILES string of the molecule is O=C1CCCC2=C1C(c1cccc(F)c1)C1=C(CCCC1=O)N2. The zero-order chi connectivity index (χ0) is 16.0. The van der Waals surface area contributed by atoms with Crippen LogP contribution in [0.1, 0.15) is 50.0 Å². The first-order valence-corrected chi connectivity index (χ1v) is 8.20. The number of carbonyl (C=O) groups excluding carboxylic acids is 2. The number of Topliss-reactive ketones (excluding diaryl/α,β-unsaturated/α-hetero) is 2. The van der Waals surface area contributed by atoms with Gasteiger partial charge < -0.3 is 5.32 Å².